The molecule has 0 aliphatic heterocycles. The molecule has 0 aliphatic rings. The molecule has 2 nitrogen and oxygen atoms in total. The van der Waals surface area contributed by atoms with Gasteiger partial charge in [-0.25, -0.2) is 0 Å². The lowest BCUT2D eigenvalue weighted by Crippen LogP contribution is -2.29. The maximum atomic E-state index is 6.56. The van der Waals surface area contributed by atoms with Crippen LogP contribution in [0.2, 0.25) is 0 Å². The number of rotatable bonds is 2. The first-order valence-corrected chi connectivity index (χ1v) is 14.3. The normalized spacial score (nSPS) is 13.3. The fraction of sp³-hybridized carbons (Fsp3) is 0.306. The van der Waals surface area contributed by atoms with Crippen LogP contribution >= 0.6 is 0 Å². The smallest absolute Gasteiger partial charge is 0.140 e. The molecule has 0 unspecified atom stereocenters. The Labute approximate surface area is 238 Å². The minimum absolute atomic E-state index is 0.212. The molecule has 0 fully saturated rings. The van der Waals surface area contributed by atoms with E-state index in [1.807, 2.05) is 0 Å². The lowest BCUT2D eigenvalue weighted by Gasteiger charge is -2.20. The van der Waals surface area contributed by atoms with Crippen molar-refractivity contribution in [3.8, 4) is 0 Å². The molecule has 194 valence electrons. The Morgan fingerprint density at radius 1 is 0.675 bits per heavy atom. The van der Waals surface area contributed by atoms with Crippen molar-refractivity contribution in [1.82, 2.24) is 9.38 Å². The molecule has 4 heteroatoms. The molecule has 3 heterocycles. The van der Waals surface area contributed by atoms with E-state index in [1.54, 1.807) is 0 Å². The number of aromatic nitrogens is 2. The van der Waals surface area contributed by atoms with Gasteiger partial charge in [-0.2, -0.15) is 0 Å². The summed E-state index contributed by atoms with van der Waals surface area (Å²) in [6.07, 6.45) is 2.05. The highest BCUT2D eigenvalue weighted by Gasteiger charge is 2.23. The first kappa shape index (κ1) is 25.4. The molecule has 0 atom stereocenters. The third kappa shape index (κ3) is 3.75. The first-order chi connectivity index (χ1) is 18.8. The Bertz CT molecular complexity index is 2150. The van der Waals surface area contributed by atoms with Gasteiger partial charge in [0.05, 0.1) is 22.1 Å². The van der Waals surface area contributed by atoms with Crippen molar-refractivity contribution in [2.45, 2.75) is 61.3 Å². The Balaban J connectivity index is 1.69. The van der Waals surface area contributed by atoms with Gasteiger partial charge in [0.2, 0.25) is 0 Å². The predicted molar refractivity (Wildman–Crippen MR) is 176 cm³/mol. The predicted octanol–water partition coefficient (Wildman–Crippen LogP) is 7.61. The van der Waals surface area contributed by atoms with Crippen LogP contribution in [0.15, 0.2) is 54.6 Å². The van der Waals surface area contributed by atoms with Crippen LogP contribution in [0.4, 0.5) is 0 Å². The molecule has 0 bridgehead atoms. The van der Waals surface area contributed by atoms with Crippen molar-refractivity contribution in [1.29, 1.82) is 0 Å². The number of hydrogen-bond donors (Lipinski definition) is 0. The summed E-state index contributed by atoms with van der Waals surface area (Å²) in [6, 6.07) is 20.6. The average molecular weight is 516 g/mol. The van der Waals surface area contributed by atoms with E-state index in [4.69, 9.17) is 20.7 Å². The monoisotopic (exact) mass is 516 g/mol. The van der Waals surface area contributed by atoms with E-state index >= 15 is 0 Å². The van der Waals surface area contributed by atoms with Crippen molar-refractivity contribution < 1.29 is 0 Å². The third-order valence-electron chi connectivity index (χ3n) is 8.41. The Hall–Kier alpha value is -3.52. The van der Waals surface area contributed by atoms with Crippen LogP contribution in [-0.4, -0.2) is 25.1 Å². The summed E-state index contributed by atoms with van der Waals surface area (Å²) >= 11 is 0. The quantitative estimate of drug-likeness (QED) is 0.131. The van der Waals surface area contributed by atoms with Crippen LogP contribution in [-0.2, 0) is 12.8 Å². The van der Waals surface area contributed by atoms with Gasteiger partial charge in [0.15, 0.2) is 0 Å². The summed E-state index contributed by atoms with van der Waals surface area (Å²) in [4.78, 5) is 4.96. The zero-order chi connectivity index (χ0) is 28.3. The second kappa shape index (κ2) is 8.26. The second-order valence-corrected chi connectivity index (χ2v) is 14.3. The van der Waals surface area contributed by atoms with Gasteiger partial charge in [0.1, 0.15) is 15.7 Å². The first-order valence-electron chi connectivity index (χ1n) is 14.3. The van der Waals surface area contributed by atoms with E-state index in [9.17, 15) is 0 Å². The molecule has 0 N–H and O–H groups in total. The number of benzene rings is 4. The van der Waals surface area contributed by atoms with Gasteiger partial charge in [0.25, 0.3) is 0 Å². The SMILES string of the molecule is [B]c1nc2c3cc4cc(CC(C)(C)C)ccc4c(C)c3n3c4ccc(CC(C)(C)C)cc4c4ccc(c1[B])c2c43. The van der Waals surface area contributed by atoms with Crippen LogP contribution in [0.3, 0.4) is 0 Å². The molecular formula is C36H34B2N2. The van der Waals surface area contributed by atoms with Crippen molar-refractivity contribution in [3.05, 3.63) is 71.3 Å². The van der Waals surface area contributed by atoms with Gasteiger partial charge in [-0.1, -0.05) is 83.4 Å². The largest absolute Gasteiger partial charge is 0.308 e. The van der Waals surface area contributed by atoms with Gasteiger partial charge in [-0.3, -0.25) is 4.98 Å². The maximum absolute atomic E-state index is 6.56. The Morgan fingerprint density at radius 2 is 1.30 bits per heavy atom. The number of fused-ring (bicyclic) bond motifs is 7. The van der Waals surface area contributed by atoms with E-state index < -0.39 is 0 Å². The lowest BCUT2D eigenvalue weighted by molar-refractivity contribution is 0.411. The summed E-state index contributed by atoms with van der Waals surface area (Å²) in [5.74, 6) is 0. The highest BCUT2D eigenvalue weighted by Crippen LogP contribution is 2.43. The average Bonchev–Trinajstić information content (AvgIpc) is 3.17. The fourth-order valence-corrected chi connectivity index (χ4v) is 6.96. The molecule has 0 aliphatic carbocycles. The topological polar surface area (TPSA) is 17.3 Å². The highest BCUT2D eigenvalue weighted by atomic mass is 14.9. The van der Waals surface area contributed by atoms with Gasteiger partial charge in [-0.05, 0) is 87.2 Å². The van der Waals surface area contributed by atoms with Crippen molar-refractivity contribution in [2.75, 3.05) is 0 Å². The van der Waals surface area contributed by atoms with Gasteiger partial charge < -0.3 is 4.40 Å². The molecule has 0 saturated carbocycles. The molecule has 3 aromatic heterocycles. The standard InChI is InChI=1S/C36H34B2N2/c1-19-23-10-8-20(17-35(2,3)4)14-22(23)16-27-31-29-25(30(37)34(38)39-31)12-11-24-26-15-21(18-36(5,6)7)9-13-28(26)40(32(19)27)33(24)29/h8-16H,17-18H2,1-7H3. The summed E-state index contributed by atoms with van der Waals surface area (Å²) < 4.78 is 2.46. The van der Waals surface area contributed by atoms with Crippen molar-refractivity contribution in [3.63, 3.8) is 0 Å². The molecule has 4 radical (unpaired) electrons. The molecule has 4 aromatic carbocycles. The zero-order valence-electron chi connectivity index (χ0n) is 24.7. The minimum atomic E-state index is 0.212. The third-order valence-corrected chi connectivity index (χ3v) is 8.41. The number of nitrogens with zero attached hydrogens (tertiary/aromatic N) is 2. The number of pyridine rings is 2. The van der Waals surface area contributed by atoms with Gasteiger partial charge >= 0.3 is 0 Å². The Morgan fingerprint density at radius 3 is 2.00 bits per heavy atom. The second-order valence-electron chi connectivity index (χ2n) is 14.3. The van der Waals surface area contributed by atoms with Crippen LogP contribution in [0.1, 0.15) is 58.2 Å². The summed E-state index contributed by atoms with van der Waals surface area (Å²) in [6.45, 7) is 16.0. The van der Waals surface area contributed by atoms with Crippen LogP contribution in [0.5, 0.6) is 0 Å². The van der Waals surface area contributed by atoms with E-state index in [-0.39, 0.29) is 10.8 Å². The van der Waals surface area contributed by atoms with Gasteiger partial charge in [-0.15, -0.1) is 0 Å². The summed E-state index contributed by atoms with van der Waals surface area (Å²) in [7, 11) is 13.0. The van der Waals surface area contributed by atoms with E-state index in [1.165, 1.54) is 54.8 Å². The maximum Gasteiger partial charge on any atom is 0.140 e. The van der Waals surface area contributed by atoms with Gasteiger partial charge in [0, 0.05) is 21.5 Å². The number of aryl methyl sites for hydroxylation is 1. The molecular weight excluding hydrogens is 482 g/mol. The fourth-order valence-electron chi connectivity index (χ4n) is 6.96. The molecule has 0 amide bonds. The molecule has 7 aromatic rings. The summed E-state index contributed by atoms with van der Waals surface area (Å²) in [5, 5.41) is 8.20. The van der Waals surface area contributed by atoms with Crippen LogP contribution < -0.4 is 11.1 Å². The minimum Gasteiger partial charge on any atom is -0.308 e. The van der Waals surface area contributed by atoms with E-state index in [0.717, 1.165) is 34.5 Å². The number of hydrogen-bond acceptors (Lipinski definition) is 1. The zero-order valence-corrected chi connectivity index (χ0v) is 24.7. The molecule has 0 spiro atoms. The molecule has 7 rings (SSSR count). The van der Waals surface area contributed by atoms with Crippen LogP contribution in [0, 0.1) is 17.8 Å². The lowest BCUT2D eigenvalue weighted by atomic mass is 9.80. The highest BCUT2D eigenvalue weighted by molar-refractivity contribution is 6.53. The Kier molecular flexibility index (Phi) is 5.25. The van der Waals surface area contributed by atoms with E-state index in [2.05, 4.69) is 107 Å². The van der Waals surface area contributed by atoms with Crippen molar-refractivity contribution in [2.24, 2.45) is 10.8 Å². The molecule has 40 heavy (non-hydrogen) atoms. The van der Waals surface area contributed by atoms with E-state index in [0.29, 0.717) is 11.1 Å². The molecule has 0 saturated heterocycles. The summed E-state index contributed by atoms with van der Waals surface area (Å²) in [5.41, 5.74) is 9.86. The van der Waals surface area contributed by atoms with Crippen LogP contribution in [0.25, 0.3) is 59.8 Å². The van der Waals surface area contributed by atoms with Crippen molar-refractivity contribution >= 4 is 86.5 Å².